The molecule has 0 spiro atoms. The molecular formula is C84H80BN3. The maximum atomic E-state index is 3.03. The molecule has 0 aromatic heterocycles. The van der Waals surface area contributed by atoms with Crippen LogP contribution in [-0.4, -0.2) is 18.8 Å². The molecule has 2 saturated carbocycles. The van der Waals surface area contributed by atoms with Crippen LogP contribution in [0.25, 0.3) is 39.0 Å². The van der Waals surface area contributed by atoms with E-state index in [-0.39, 0.29) is 17.5 Å². The van der Waals surface area contributed by atoms with Gasteiger partial charge in [-0.2, -0.15) is 0 Å². The Balaban J connectivity index is 0.947. The summed E-state index contributed by atoms with van der Waals surface area (Å²) in [6, 6.07) is 73.7. The normalized spacial score (nSPS) is 23.8. The Morgan fingerprint density at radius 1 is 0.420 bits per heavy atom. The van der Waals surface area contributed by atoms with E-state index in [0.717, 1.165) is 18.3 Å². The maximum Gasteiger partial charge on any atom is 0.252 e. The fourth-order valence-electron chi connectivity index (χ4n) is 18.1. The first kappa shape index (κ1) is 53.9. The van der Waals surface area contributed by atoms with Crippen molar-refractivity contribution in [3.05, 3.63) is 258 Å². The number of hydrogen-bond acceptors (Lipinski definition) is 3. The molecule has 8 aromatic carbocycles. The van der Waals surface area contributed by atoms with Crippen molar-refractivity contribution in [1.29, 1.82) is 0 Å². The number of hydrogen-bond donors (Lipinski definition) is 0. The molecule has 3 nitrogen and oxygen atoms in total. The Bertz CT molecular complexity index is 4260. The van der Waals surface area contributed by atoms with Crippen molar-refractivity contribution in [2.75, 3.05) is 14.7 Å². The first-order chi connectivity index (χ1) is 42.9. The summed E-state index contributed by atoms with van der Waals surface area (Å²) in [5.74, 6) is 2.71. The van der Waals surface area contributed by atoms with Crippen LogP contribution in [-0.2, 0) is 0 Å². The fourth-order valence-corrected chi connectivity index (χ4v) is 18.1. The van der Waals surface area contributed by atoms with Gasteiger partial charge in [0, 0.05) is 63.7 Å². The SMILES string of the molecule is CC(C)(C)C1=CC2=C(c3ccc4c(c3)B3c5cc(-c6ccccc6)ccc5N(c5ccc(-c6ccccc6)cc5)c5cc(N6C7CCCCC7C7CCCCC76)cc(c53)N4c3ccc(-c4ccccc4)cc3)C=C3C=C(C(C)(C)C)CC4C=CC(=C1)C2C34. The van der Waals surface area contributed by atoms with E-state index in [2.05, 4.69) is 281 Å². The average molecular weight is 1140 g/mol. The molecule has 7 unspecified atom stereocenters. The summed E-state index contributed by atoms with van der Waals surface area (Å²) in [5.41, 5.74) is 30.5. The highest BCUT2D eigenvalue weighted by Gasteiger charge is 2.52. The molecule has 7 atom stereocenters. The second-order valence-electron chi connectivity index (χ2n) is 29.3. The molecule has 0 amide bonds. The lowest BCUT2D eigenvalue weighted by molar-refractivity contribution is 0.231. The zero-order chi connectivity index (χ0) is 59.2. The minimum atomic E-state index is -0.0723. The monoisotopic (exact) mass is 1140 g/mol. The number of benzene rings is 8. The lowest BCUT2D eigenvalue weighted by Gasteiger charge is -2.48. The number of anilines is 7. The van der Waals surface area contributed by atoms with Crippen molar-refractivity contribution >= 4 is 68.5 Å². The van der Waals surface area contributed by atoms with Crippen molar-refractivity contribution in [3.63, 3.8) is 0 Å². The molecule has 9 aliphatic rings. The summed E-state index contributed by atoms with van der Waals surface area (Å²) in [5, 5.41) is 0. The van der Waals surface area contributed by atoms with Gasteiger partial charge in [-0.1, -0.05) is 249 Å². The molecule has 0 N–H and O–H groups in total. The molecule has 3 fully saturated rings. The molecule has 0 bridgehead atoms. The summed E-state index contributed by atoms with van der Waals surface area (Å²) in [6.45, 7) is 14.4. The first-order valence-electron chi connectivity index (χ1n) is 33.4. The fraction of sp³-hybridized carbons (Fsp3) is 0.286. The molecule has 3 heterocycles. The van der Waals surface area contributed by atoms with Crippen LogP contribution in [0.3, 0.4) is 0 Å². The lowest BCUT2D eigenvalue weighted by atomic mass is 9.33. The van der Waals surface area contributed by atoms with E-state index in [1.165, 1.54) is 174 Å². The van der Waals surface area contributed by atoms with Gasteiger partial charge >= 0.3 is 0 Å². The van der Waals surface area contributed by atoms with Gasteiger partial charge in [-0.15, -0.1) is 0 Å². The summed E-state index contributed by atoms with van der Waals surface area (Å²) >= 11 is 0. The van der Waals surface area contributed by atoms with E-state index in [4.69, 9.17) is 0 Å². The summed E-state index contributed by atoms with van der Waals surface area (Å²) < 4.78 is 0. The van der Waals surface area contributed by atoms with Gasteiger partial charge in [0.05, 0.1) is 0 Å². The topological polar surface area (TPSA) is 9.72 Å². The standard InChI is InChI=1S/C84H80BN3/c1-83(2,3)63-44-60-30-31-61-45-64(84(4,5)6)50-71-70(47-62(46-63)80(60)81(61)71)59-37-43-77-73(49-59)85-72-48-58(55-24-14-9-15-25-55)36-42-76(72)86(65-38-32-56(33-39-65)53-20-10-7-11-21-53)78-51-67(88-74-28-18-16-26-68(74)69-27-17-19-29-75(69)88)52-79(82(78)85)87(77)66-40-34-57(35-41-66)54-22-12-8-13-23-54/h7-15,20-25,30-43,45-52,60,68-69,74-75,80-81H,16-19,26-29,44H2,1-6H3. The van der Waals surface area contributed by atoms with Crippen LogP contribution in [0.2, 0.25) is 0 Å². The van der Waals surface area contributed by atoms with E-state index >= 15 is 0 Å². The van der Waals surface area contributed by atoms with Gasteiger partial charge in [0.15, 0.2) is 0 Å². The minimum absolute atomic E-state index is 0.0110. The van der Waals surface area contributed by atoms with Crippen molar-refractivity contribution in [2.24, 2.45) is 40.4 Å². The second kappa shape index (κ2) is 20.6. The number of fused-ring (bicyclic) bond motifs is 7. The van der Waals surface area contributed by atoms with E-state index in [1.54, 1.807) is 5.57 Å². The third-order valence-corrected chi connectivity index (χ3v) is 22.4. The summed E-state index contributed by atoms with van der Waals surface area (Å²) in [4.78, 5) is 8.40. The Morgan fingerprint density at radius 3 is 1.44 bits per heavy atom. The van der Waals surface area contributed by atoms with Crippen molar-refractivity contribution in [1.82, 2.24) is 0 Å². The van der Waals surface area contributed by atoms with Crippen LogP contribution in [0.15, 0.2) is 252 Å². The molecule has 4 heteroatoms. The Morgan fingerprint density at radius 2 is 0.909 bits per heavy atom. The quantitative estimate of drug-likeness (QED) is 0.147. The molecule has 1 saturated heterocycles. The van der Waals surface area contributed by atoms with Crippen LogP contribution in [0, 0.1) is 40.4 Å². The van der Waals surface area contributed by atoms with E-state index in [1.807, 2.05) is 0 Å². The molecule has 6 aliphatic carbocycles. The van der Waals surface area contributed by atoms with Gasteiger partial charge in [0.1, 0.15) is 0 Å². The minimum Gasteiger partial charge on any atom is -0.365 e. The Labute approximate surface area is 523 Å². The van der Waals surface area contributed by atoms with Crippen molar-refractivity contribution in [2.45, 2.75) is 111 Å². The first-order valence-corrected chi connectivity index (χ1v) is 33.4. The summed E-state index contributed by atoms with van der Waals surface area (Å²) in [6.07, 6.45) is 27.3. The zero-order valence-electron chi connectivity index (χ0n) is 52.2. The van der Waals surface area contributed by atoms with Crippen LogP contribution in [0.5, 0.6) is 0 Å². The highest BCUT2D eigenvalue weighted by Crippen LogP contribution is 2.58. The van der Waals surface area contributed by atoms with Gasteiger partial charge in [0.25, 0.3) is 6.71 Å². The van der Waals surface area contributed by atoms with Crippen LogP contribution < -0.4 is 31.1 Å². The summed E-state index contributed by atoms with van der Waals surface area (Å²) in [7, 11) is 0. The van der Waals surface area contributed by atoms with Gasteiger partial charge in [-0.05, 0) is 192 Å². The van der Waals surface area contributed by atoms with Crippen molar-refractivity contribution < 1.29 is 0 Å². The lowest BCUT2D eigenvalue weighted by Crippen LogP contribution is -2.61. The predicted octanol–water partition coefficient (Wildman–Crippen LogP) is 20.1. The predicted molar refractivity (Wildman–Crippen MR) is 373 cm³/mol. The Hall–Kier alpha value is -8.34. The van der Waals surface area contributed by atoms with Crippen LogP contribution in [0.1, 0.15) is 105 Å². The van der Waals surface area contributed by atoms with E-state index in [0.29, 0.717) is 29.8 Å². The number of rotatable bonds is 7. The van der Waals surface area contributed by atoms with E-state index < -0.39 is 0 Å². The maximum absolute atomic E-state index is 3.03. The molecule has 3 aliphatic heterocycles. The number of nitrogens with zero attached hydrogens (tertiary/aromatic N) is 3. The largest absolute Gasteiger partial charge is 0.365 e. The average Bonchev–Trinajstić information content (AvgIpc) is 0.932. The molecule has 17 rings (SSSR count). The van der Waals surface area contributed by atoms with Crippen molar-refractivity contribution in [3.8, 4) is 33.4 Å². The smallest absolute Gasteiger partial charge is 0.252 e. The van der Waals surface area contributed by atoms with Gasteiger partial charge in [-0.25, -0.2) is 0 Å². The van der Waals surface area contributed by atoms with Gasteiger partial charge in [-0.3, -0.25) is 0 Å². The molecule has 434 valence electrons. The highest BCUT2D eigenvalue weighted by molar-refractivity contribution is 7.00. The molecule has 0 radical (unpaired) electrons. The zero-order valence-corrected chi connectivity index (χ0v) is 52.2. The third-order valence-electron chi connectivity index (χ3n) is 22.4. The van der Waals surface area contributed by atoms with Crippen LogP contribution in [0.4, 0.5) is 39.8 Å². The molecule has 88 heavy (non-hydrogen) atoms. The van der Waals surface area contributed by atoms with Gasteiger partial charge < -0.3 is 14.7 Å². The highest BCUT2D eigenvalue weighted by atomic mass is 15.3. The third kappa shape index (κ3) is 8.73. The Kier molecular flexibility index (Phi) is 12.6. The van der Waals surface area contributed by atoms with Gasteiger partial charge in [0.2, 0.25) is 0 Å². The molecule has 8 aromatic rings. The molecular weight excluding hydrogens is 1060 g/mol. The number of allylic oxidation sites excluding steroid dienone is 12. The van der Waals surface area contributed by atoms with Crippen LogP contribution >= 0.6 is 0 Å². The second-order valence-corrected chi connectivity index (χ2v) is 29.3. The van der Waals surface area contributed by atoms with E-state index in [9.17, 15) is 0 Å².